The molecule has 3 heterocycles. The van der Waals surface area contributed by atoms with Crippen LogP contribution in [0.25, 0.3) is 11.0 Å². The molecule has 146 valence electrons. The highest BCUT2D eigenvalue weighted by Gasteiger charge is 2.22. The van der Waals surface area contributed by atoms with Crippen LogP contribution in [0.1, 0.15) is 29.6 Å². The smallest absolute Gasteiger partial charge is 0.253 e. The van der Waals surface area contributed by atoms with Crippen LogP contribution in [0.3, 0.4) is 0 Å². The molecule has 0 aliphatic carbocycles. The molecule has 4 rings (SSSR count). The molecule has 7 nitrogen and oxygen atoms in total. The highest BCUT2D eigenvalue weighted by atomic mass is 16.2. The van der Waals surface area contributed by atoms with E-state index in [0.717, 1.165) is 54.9 Å². The van der Waals surface area contributed by atoms with E-state index in [9.17, 15) is 4.79 Å². The Labute approximate surface area is 164 Å². The number of benzene rings is 1. The normalized spacial score (nSPS) is 17.4. The first kappa shape index (κ1) is 18.3. The van der Waals surface area contributed by atoms with Crippen molar-refractivity contribution in [3.63, 3.8) is 0 Å². The number of anilines is 2. The number of hydrogen-bond donors (Lipinski definition) is 2. The molecule has 0 bridgehead atoms. The molecule has 1 aromatic carbocycles. The van der Waals surface area contributed by atoms with Crippen molar-refractivity contribution in [3.05, 3.63) is 48.4 Å². The van der Waals surface area contributed by atoms with Gasteiger partial charge in [0.05, 0.1) is 29.2 Å². The maximum atomic E-state index is 12.9. The van der Waals surface area contributed by atoms with E-state index in [-0.39, 0.29) is 5.91 Å². The van der Waals surface area contributed by atoms with Gasteiger partial charge in [-0.3, -0.25) is 4.79 Å². The molecule has 2 N–H and O–H groups in total. The van der Waals surface area contributed by atoms with Crippen molar-refractivity contribution in [1.82, 2.24) is 19.9 Å². The van der Waals surface area contributed by atoms with Gasteiger partial charge in [0.25, 0.3) is 5.91 Å². The lowest BCUT2D eigenvalue weighted by molar-refractivity contribution is 0.0761. The third-order valence-corrected chi connectivity index (χ3v) is 5.26. The van der Waals surface area contributed by atoms with E-state index in [4.69, 9.17) is 0 Å². The predicted molar refractivity (Wildman–Crippen MR) is 112 cm³/mol. The average Bonchev–Trinajstić information content (AvgIpc) is 3.06. The van der Waals surface area contributed by atoms with Gasteiger partial charge in [0.1, 0.15) is 5.82 Å². The van der Waals surface area contributed by atoms with E-state index in [2.05, 4.69) is 26.3 Å². The minimum absolute atomic E-state index is 0.0918. The number of nitrogens with one attached hydrogen (secondary N) is 2. The second-order valence-corrected chi connectivity index (χ2v) is 7.50. The minimum atomic E-state index is 0.0918. The van der Waals surface area contributed by atoms with Gasteiger partial charge in [-0.1, -0.05) is 0 Å². The summed E-state index contributed by atoms with van der Waals surface area (Å²) in [7, 11) is 3.97. The highest BCUT2D eigenvalue weighted by Crippen LogP contribution is 2.20. The molecule has 1 saturated heterocycles. The number of aromatic nitrogens is 3. The zero-order chi connectivity index (χ0) is 19.5. The van der Waals surface area contributed by atoms with E-state index >= 15 is 0 Å². The Hall–Kier alpha value is -3.09. The SMILES string of the molecule is CN(C)c1ccc(N[C@H]2CCCN(C(=O)c3ccc4nc[nH]c4c3)CC2)cn1. The van der Waals surface area contributed by atoms with Crippen molar-refractivity contribution >= 4 is 28.4 Å². The van der Waals surface area contributed by atoms with Crippen LogP contribution in [-0.4, -0.2) is 59.0 Å². The number of aromatic amines is 1. The summed E-state index contributed by atoms with van der Waals surface area (Å²) in [5, 5.41) is 3.57. The molecule has 1 aliphatic rings. The van der Waals surface area contributed by atoms with Crippen molar-refractivity contribution in [2.24, 2.45) is 0 Å². The Kier molecular flexibility index (Phi) is 5.14. The van der Waals surface area contributed by atoms with Gasteiger partial charge in [0.2, 0.25) is 0 Å². The first-order valence-corrected chi connectivity index (χ1v) is 9.72. The molecule has 0 unspecified atom stereocenters. The average molecular weight is 378 g/mol. The number of carbonyl (C=O) groups excluding carboxylic acids is 1. The Balaban J connectivity index is 1.38. The fourth-order valence-corrected chi connectivity index (χ4v) is 3.67. The molecular weight excluding hydrogens is 352 g/mol. The Bertz CT molecular complexity index is 949. The van der Waals surface area contributed by atoms with Crippen LogP contribution in [0.15, 0.2) is 42.9 Å². The van der Waals surface area contributed by atoms with Crippen molar-refractivity contribution in [1.29, 1.82) is 0 Å². The van der Waals surface area contributed by atoms with Crippen molar-refractivity contribution < 1.29 is 4.79 Å². The number of rotatable bonds is 4. The van der Waals surface area contributed by atoms with Gasteiger partial charge in [0.15, 0.2) is 0 Å². The Morgan fingerprint density at radius 1 is 1.18 bits per heavy atom. The molecule has 0 spiro atoms. The summed E-state index contributed by atoms with van der Waals surface area (Å²) >= 11 is 0. The summed E-state index contributed by atoms with van der Waals surface area (Å²) in [4.78, 5) is 28.6. The van der Waals surface area contributed by atoms with Crippen LogP contribution in [-0.2, 0) is 0 Å². The largest absolute Gasteiger partial charge is 0.381 e. The number of pyridine rings is 1. The Morgan fingerprint density at radius 2 is 2.07 bits per heavy atom. The van der Waals surface area contributed by atoms with E-state index in [1.807, 2.05) is 54.4 Å². The van der Waals surface area contributed by atoms with Gasteiger partial charge in [-0.2, -0.15) is 0 Å². The quantitative estimate of drug-likeness (QED) is 0.729. The third kappa shape index (κ3) is 3.93. The standard InChI is InChI=1S/C21H26N6O/c1-26(2)20-8-6-17(13-22-20)25-16-4-3-10-27(11-9-16)21(28)15-5-7-18-19(12-15)24-14-23-18/h5-8,12-14,16,25H,3-4,9-11H2,1-2H3,(H,23,24)/t16-/m0/s1. The number of likely N-dealkylation sites (tertiary alicyclic amines) is 1. The summed E-state index contributed by atoms with van der Waals surface area (Å²) < 4.78 is 0. The first-order chi connectivity index (χ1) is 13.6. The van der Waals surface area contributed by atoms with E-state index in [1.54, 1.807) is 6.33 Å². The molecule has 7 heteroatoms. The number of H-pyrrole nitrogens is 1. The number of imidazole rings is 1. The van der Waals surface area contributed by atoms with Crippen LogP contribution >= 0.6 is 0 Å². The van der Waals surface area contributed by atoms with Gasteiger partial charge in [-0.05, 0) is 49.6 Å². The van der Waals surface area contributed by atoms with Gasteiger partial charge in [-0.25, -0.2) is 9.97 Å². The maximum absolute atomic E-state index is 12.9. The van der Waals surface area contributed by atoms with Crippen molar-refractivity contribution in [2.75, 3.05) is 37.4 Å². The summed E-state index contributed by atoms with van der Waals surface area (Å²) in [5.74, 6) is 1.03. The summed E-state index contributed by atoms with van der Waals surface area (Å²) in [6, 6.07) is 10.1. The molecular formula is C21H26N6O. The number of hydrogen-bond acceptors (Lipinski definition) is 5. The number of amides is 1. The minimum Gasteiger partial charge on any atom is -0.381 e. The molecule has 1 atom stereocenters. The van der Waals surface area contributed by atoms with E-state index < -0.39 is 0 Å². The van der Waals surface area contributed by atoms with Crippen LogP contribution < -0.4 is 10.2 Å². The van der Waals surface area contributed by atoms with Gasteiger partial charge in [-0.15, -0.1) is 0 Å². The van der Waals surface area contributed by atoms with Crippen LogP contribution in [0.4, 0.5) is 11.5 Å². The fourth-order valence-electron chi connectivity index (χ4n) is 3.67. The van der Waals surface area contributed by atoms with Gasteiger partial charge >= 0.3 is 0 Å². The van der Waals surface area contributed by atoms with Crippen LogP contribution in [0, 0.1) is 0 Å². The molecule has 0 radical (unpaired) electrons. The second kappa shape index (κ2) is 7.88. The molecule has 1 fully saturated rings. The number of carbonyl (C=O) groups is 1. The summed E-state index contributed by atoms with van der Waals surface area (Å²) in [5.41, 5.74) is 3.52. The van der Waals surface area contributed by atoms with Crippen molar-refractivity contribution in [3.8, 4) is 0 Å². The molecule has 28 heavy (non-hydrogen) atoms. The van der Waals surface area contributed by atoms with Crippen LogP contribution in [0.2, 0.25) is 0 Å². The molecule has 3 aromatic rings. The number of nitrogens with zero attached hydrogens (tertiary/aromatic N) is 4. The van der Waals surface area contributed by atoms with Gasteiger partial charge < -0.3 is 20.1 Å². The lowest BCUT2D eigenvalue weighted by atomic mass is 10.1. The van der Waals surface area contributed by atoms with Crippen molar-refractivity contribution in [2.45, 2.75) is 25.3 Å². The fraction of sp³-hybridized carbons (Fsp3) is 0.381. The second-order valence-electron chi connectivity index (χ2n) is 7.50. The zero-order valence-corrected chi connectivity index (χ0v) is 16.4. The molecule has 0 saturated carbocycles. The van der Waals surface area contributed by atoms with E-state index in [1.165, 1.54) is 0 Å². The monoisotopic (exact) mass is 378 g/mol. The number of fused-ring (bicyclic) bond motifs is 1. The predicted octanol–water partition coefficient (Wildman–Crippen LogP) is 3.13. The first-order valence-electron chi connectivity index (χ1n) is 9.72. The zero-order valence-electron chi connectivity index (χ0n) is 16.4. The third-order valence-electron chi connectivity index (χ3n) is 5.26. The van der Waals surface area contributed by atoms with Crippen LogP contribution in [0.5, 0.6) is 0 Å². The highest BCUT2D eigenvalue weighted by molar-refractivity contribution is 5.97. The lowest BCUT2D eigenvalue weighted by Gasteiger charge is -2.21. The lowest BCUT2D eigenvalue weighted by Crippen LogP contribution is -2.32. The topological polar surface area (TPSA) is 77.1 Å². The molecule has 1 amide bonds. The van der Waals surface area contributed by atoms with E-state index in [0.29, 0.717) is 11.6 Å². The maximum Gasteiger partial charge on any atom is 0.253 e. The van der Waals surface area contributed by atoms with Gasteiger partial charge in [0, 0.05) is 38.8 Å². The summed E-state index contributed by atoms with van der Waals surface area (Å²) in [6.45, 7) is 1.54. The summed E-state index contributed by atoms with van der Waals surface area (Å²) in [6.07, 6.45) is 6.48. The Morgan fingerprint density at radius 3 is 2.86 bits per heavy atom. The molecule has 2 aromatic heterocycles. The molecule has 1 aliphatic heterocycles.